The lowest BCUT2D eigenvalue weighted by Crippen LogP contribution is -2.05. The van der Waals surface area contributed by atoms with Gasteiger partial charge in [0.15, 0.2) is 0 Å². The number of benzene rings is 1. The molecule has 0 spiro atoms. The molecule has 0 saturated heterocycles. The summed E-state index contributed by atoms with van der Waals surface area (Å²) in [5.74, 6) is 0.721. The maximum Gasteiger partial charge on any atom is 0.144 e. The summed E-state index contributed by atoms with van der Waals surface area (Å²) in [6, 6.07) is 12.4. The van der Waals surface area contributed by atoms with E-state index in [1.54, 1.807) is 6.92 Å². The van der Waals surface area contributed by atoms with Crippen molar-refractivity contribution in [1.29, 1.82) is 10.8 Å². The Labute approximate surface area is 167 Å². The molecule has 0 radical (unpaired) electrons. The van der Waals surface area contributed by atoms with Crippen molar-refractivity contribution in [3.8, 4) is 11.3 Å². The zero-order valence-electron chi connectivity index (χ0n) is 15.6. The van der Waals surface area contributed by atoms with E-state index in [0.29, 0.717) is 17.3 Å². The summed E-state index contributed by atoms with van der Waals surface area (Å²) >= 11 is 1.34. The Balaban J connectivity index is 1.55. The summed E-state index contributed by atoms with van der Waals surface area (Å²) in [7, 11) is 0. The van der Waals surface area contributed by atoms with Gasteiger partial charge >= 0.3 is 0 Å². The van der Waals surface area contributed by atoms with Gasteiger partial charge in [-0.2, -0.15) is 0 Å². The highest BCUT2D eigenvalue weighted by Crippen LogP contribution is 2.44. The Morgan fingerprint density at radius 1 is 1.14 bits per heavy atom. The molecule has 0 bridgehead atoms. The number of aromatic amines is 1. The van der Waals surface area contributed by atoms with Crippen LogP contribution >= 0.6 is 11.8 Å². The van der Waals surface area contributed by atoms with E-state index in [2.05, 4.69) is 44.5 Å². The van der Waals surface area contributed by atoms with Crippen molar-refractivity contribution < 1.29 is 0 Å². The number of rotatable bonds is 5. The van der Waals surface area contributed by atoms with Crippen LogP contribution in [0.4, 0.5) is 5.82 Å². The SMILES string of the molecule is CC(=N)/C(C)=C1\C(=N)Sc2c(NCc3ccc(-c4ccc[nH]4)cc3)ncnc21. The molecule has 0 saturated carbocycles. The van der Waals surface area contributed by atoms with Crippen molar-refractivity contribution >= 4 is 33.9 Å². The molecule has 0 unspecified atom stereocenters. The van der Waals surface area contributed by atoms with Gasteiger partial charge in [-0.15, -0.1) is 0 Å². The smallest absolute Gasteiger partial charge is 0.144 e. The maximum absolute atomic E-state index is 8.31. The van der Waals surface area contributed by atoms with Gasteiger partial charge < -0.3 is 15.7 Å². The molecule has 4 rings (SSSR count). The van der Waals surface area contributed by atoms with E-state index >= 15 is 0 Å². The van der Waals surface area contributed by atoms with Gasteiger partial charge in [-0.25, -0.2) is 9.97 Å². The molecular weight excluding hydrogens is 368 g/mol. The first-order chi connectivity index (χ1) is 13.5. The maximum atomic E-state index is 8.31. The second-order valence-electron chi connectivity index (χ2n) is 6.59. The number of allylic oxidation sites excluding steroid dienone is 1. The van der Waals surface area contributed by atoms with Crippen molar-refractivity contribution in [3.63, 3.8) is 0 Å². The fourth-order valence-corrected chi connectivity index (χ4v) is 4.10. The van der Waals surface area contributed by atoms with Crippen molar-refractivity contribution in [1.82, 2.24) is 15.0 Å². The number of thioether (sulfide) groups is 1. The monoisotopic (exact) mass is 388 g/mol. The summed E-state index contributed by atoms with van der Waals surface area (Å²) in [5.41, 5.74) is 6.08. The lowest BCUT2D eigenvalue weighted by Gasteiger charge is -2.10. The molecule has 4 N–H and O–H groups in total. The number of anilines is 1. The van der Waals surface area contributed by atoms with Crippen LogP contribution in [0, 0.1) is 10.8 Å². The minimum Gasteiger partial charge on any atom is -0.365 e. The summed E-state index contributed by atoms with van der Waals surface area (Å²) in [5, 5.41) is 20.0. The van der Waals surface area contributed by atoms with E-state index < -0.39 is 0 Å². The molecule has 1 aliphatic heterocycles. The lowest BCUT2D eigenvalue weighted by molar-refractivity contribution is 1.03. The Kier molecular flexibility index (Phi) is 4.83. The van der Waals surface area contributed by atoms with Gasteiger partial charge in [0.05, 0.1) is 10.6 Å². The summed E-state index contributed by atoms with van der Waals surface area (Å²) in [6.45, 7) is 4.22. The molecule has 6 nitrogen and oxygen atoms in total. The fourth-order valence-electron chi connectivity index (χ4n) is 3.07. The van der Waals surface area contributed by atoms with Crippen LogP contribution in [-0.4, -0.2) is 25.7 Å². The third-order valence-electron chi connectivity index (χ3n) is 4.73. The normalized spacial score (nSPS) is 14.7. The number of hydrogen-bond acceptors (Lipinski definition) is 6. The van der Waals surface area contributed by atoms with Crippen molar-refractivity contribution in [2.45, 2.75) is 25.3 Å². The Hall–Kier alpha value is -3.19. The van der Waals surface area contributed by atoms with E-state index in [-0.39, 0.29) is 0 Å². The third kappa shape index (κ3) is 3.36. The summed E-state index contributed by atoms with van der Waals surface area (Å²) in [6.07, 6.45) is 3.43. The molecule has 3 heterocycles. The van der Waals surface area contributed by atoms with E-state index in [4.69, 9.17) is 10.8 Å². The third-order valence-corrected chi connectivity index (χ3v) is 5.73. The Bertz CT molecular complexity index is 1080. The minimum absolute atomic E-state index is 0.415. The molecule has 7 heteroatoms. The van der Waals surface area contributed by atoms with Crippen LogP contribution in [0.15, 0.2) is 59.4 Å². The molecular formula is C21H20N6S. The highest BCUT2D eigenvalue weighted by Gasteiger charge is 2.29. The number of nitrogens with one attached hydrogen (secondary N) is 4. The van der Waals surface area contributed by atoms with Crippen LogP contribution < -0.4 is 5.32 Å². The summed E-state index contributed by atoms with van der Waals surface area (Å²) in [4.78, 5) is 12.8. The van der Waals surface area contributed by atoms with E-state index in [9.17, 15) is 0 Å². The van der Waals surface area contributed by atoms with E-state index in [1.165, 1.54) is 18.1 Å². The van der Waals surface area contributed by atoms with Gasteiger partial charge in [-0.05, 0) is 42.7 Å². The second-order valence-corrected chi connectivity index (χ2v) is 7.61. The molecule has 0 amide bonds. The molecule has 2 aromatic heterocycles. The molecule has 28 heavy (non-hydrogen) atoms. The zero-order valence-corrected chi connectivity index (χ0v) is 16.4. The topological polar surface area (TPSA) is 101 Å². The average molecular weight is 388 g/mol. The summed E-state index contributed by atoms with van der Waals surface area (Å²) < 4.78 is 0. The number of hydrogen-bond donors (Lipinski definition) is 4. The first-order valence-corrected chi connectivity index (χ1v) is 9.71. The van der Waals surface area contributed by atoms with Crippen LogP contribution in [0.3, 0.4) is 0 Å². The van der Waals surface area contributed by atoms with E-state index in [1.807, 2.05) is 25.3 Å². The first kappa shape index (κ1) is 18.2. The molecule has 1 aliphatic rings. The van der Waals surface area contributed by atoms with Crippen LogP contribution in [-0.2, 0) is 6.54 Å². The number of aromatic nitrogens is 3. The minimum atomic E-state index is 0.415. The fraction of sp³-hybridized carbons (Fsp3) is 0.143. The second kappa shape index (κ2) is 7.44. The van der Waals surface area contributed by atoms with E-state index in [0.717, 1.165) is 44.4 Å². The van der Waals surface area contributed by atoms with Crippen LogP contribution in [0.1, 0.15) is 25.1 Å². The Morgan fingerprint density at radius 3 is 2.61 bits per heavy atom. The predicted octanol–water partition coefficient (Wildman–Crippen LogP) is 4.98. The average Bonchev–Trinajstić information content (AvgIpc) is 3.33. The standard InChI is InChI=1S/C21H20N6S/c1-12(13(2)22)17-18-19(28-20(17)23)21(27-11-26-18)25-10-14-5-7-15(8-6-14)16-4-3-9-24-16/h3-9,11,22-24H,10H2,1-2H3,(H,25,26,27)/b17-12-,22-13?,23-20?. The predicted molar refractivity (Wildman–Crippen MR) is 115 cm³/mol. The quantitative estimate of drug-likeness (QED) is 0.463. The largest absolute Gasteiger partial charge is 0.365 e. The number of fused-ring (bicyclic) bond motifs is 1. The highest BCUT2D eigenvalue weighted by molar-refractivity contribution is 8.15. The van der Waals surface area contributed by atoms with Crippen LogP contribution in [0.25, 0.3) is 16.8 Å². The number of H-pyrrole nitrogens is 1. The van der Waals surface area contributed by atoms with Crippen LogP contribution in [0.5, 0.6) is 0 Å². The Morgan fingerprint density at radius 2 is 1.93 bits per heavy atom. The molecule has 3 aromatic rings. The van der Waals surface area contributed by atoms with Crippen molar-refractivity contribution in [2.24, 2.45) is 0 Å². The molecule has 1 aromatic carbocycles. The first-order valence-electron chi connectivity index (χ1n) is 8.89. The lowest BCUT2D eigenvalue weighted by atomic mass is 10.0. The zero-order chi connectivity index (χ0) is 19.7. The van der Waals surface area contributed by atoms with Gasteiger partial charge in [0.2, 0.25) is 0 Å². The van der Waals surface area contributed by atoms with Crippen molar-refractivity contribution in [3.05, 3.63) is 65.8 Å². The van der Waals surface area contributed by atoms with Gasteiger partial charge in [0.25, 0.3) is 0 Å². The van der Waals surface area contributed by atoms with Gasteiger partial charge in [-0.3, -0.25) is 5.41 Å². The van der Waals surface area contributed by atoms with Gasteiger partial charge in [-0.1, -0.05) is 36.0 Å². The van der Waals surface area contributed by atoms with Crippen LogP contribution in [0.2, 0.25) is 0 Å². The molecule has 140 valence electrons. The number of nitrogens with zero attached hydrogens (tertiary/aromatic N) is 2. The highest BCUT2D eigenvalue weighted by atomic mass is 32.2. The molecule has 0 aliphatic carbocycles. The molecule has 0 fully saturated rings. The van der Waals surface area contributed by atoms with Gasteiger partial charge in [0, 0.05) is 29.7 Å². The molecule has 0 atom stereocenters. The van der Waals surface area contributed by atoms with Gasteiger partial charge in [0.1, 0.15) is 17.2 Å². The van der Waals surface area contributed by atoms with Crippen molar-refractivity contribution in [2.75, 3.05) is 5.32 Å².